The summed E-state index contributed by atoms with van der Waals surface area (Å²) >= 11 is 3.42. The molecule has 0 fully saturated rings. The number of nitrogens with zero attached hydrogens (tertiary/aromatic N) is 3. The summed E-state index contributed by atoms with van der Waals surface area (Å²) in [5, 5.41) is 6.78. The molecule has 0 spiro atoms. The number of rotatable bonds is 7. The number of halogens is 1. The molecular weight excluding hydrogens is 348 g/mol. The monoisotopic (exact) mass is 366 g/mol. The highest BCUT2D eigenvalue weighted by atomic mass is 79.9. The van der Waals surface area contributed by atoms with Gasteiger partial charge in [-0.1, -0.05) is 40.1 Å². The summed E-state index contributed by atoms with van der Waals surface area (Å²) in [6.07, 6.45) is 0. The smallest absolute Gasteiger partial charge is 0.241 e. The maximum atomic E-state index is 11.6. The lowest BCUT2D eigenvalue weighted by Gasteiger charge is -2.17. The zero-order valence-corrected chi connectivity index (χ0v) is 14.3. The van der Waals surface area contributed by atoms with E-state index in [1.165, 1.54) is 0 Å². The van der Waals surface area contributed by atoms with Crippen LogP contribution in [0.15, 0.2) is 33.3 Å². The Morgan fingerprint density at radius 2 is 2.23 bits per heavy atom. The Bertz CT molecular complexity index is 630. The van der Waals surface area contributed by atoms with Gasteiger partial charge in [0.05, 0.1) is 13.1 Å². The first-order chi connectivity index (χ1) is 10.6. The number of benzene rings is 1. The van der Waals surface area contributed by atoms with Crippen LogP contribution in [0.2, 0.25) is 0 Å². The molecule has 0 unspecified atom stereocenters. The number of hydrogen-bond acceptors (Lipinski definition) is 5. The average molecular weight is 367 g/mol. The van der Waals surface area contributed by atoms with E-state index in [2.05, 4.69) is 31.4 Å². The van der Waals surface area contributed by atoms with Gasteiger partial charge in [0.25, 0.3) is 0 Å². The van der Waals surface area contributed by atoms with E-state index in [1.54, 1.807) is 0 Å². The second kappa shape index (κ2) is 8.05. The lowest BCUT2D eigenvalue weighted by molar-refractivity contribution is -0.122. The molecule has 0 bridgehead atoms. The van der Waals surface area contributed by atoms with Crippen molar-refractivity contribution < 1.29 is 9.32 Å². The van der Waals surface area contributed by atoms with E-state index in [1.807, 2.05) is 43.0 Å². The number of hydrogen-bond donors (Lipinski definition) is 1. The zero-order chi connectivity index (χ0) is 15.9. The molecule has 1 aromatic heterocycles. The van der Waals surface area contributed by atoms with Gasteiger partial charge in [0.15, 0.2) is 0 Å². The molecule has 0 aliphatic heterocycles. The van der Waals surface area contributed by atoms with E-state index in [9.17, 15) is 4.79 Å². The molecular formula is C15H19BrN4O2. The van der Waals surface area contributed by atoms with Gasteiger partial charge in [0.2, 0.25) is 17.6 Å². The highest BCUT2D eigenvalue weighted by Crippen LogP contribution is 2.20. The van der Waals surface area contributed by atoms with Gasteiger partial charge in [0, 0.05) is 16.6 Å². The fraction of sp³-hybridized carbons (Fsp3) is 0.400. The summed E-state index contributed by atoms with van der Waals surface area (Å²) < 4.78 is 6.24. The van der Waals surface area contributed by atoms with Crippen LogP contribution in [-0.4, -0.2) is 40.6 Å². The minimum atomic E-state index is -0.00363. The van der Waals surface area contributed by atoms with Crippen LogP contribution < -0.4 is 5.32 Å². The molecule has 0 aliphatic rings. The number of aromatic nitrogens is 2. The van der Waals surface area contributed by atoms with Gasteiger partial charge in [-0.2, -0.15) is 4.98 Å². The van der Waals surface area contributed by atoms with Crippen molar-refractivity contribution in [2.75, 3.05) is 19.6 Å². The van der Waals surface area contributed by atoms with Crippen LogP contribution in [0.1, 0.15) is 19.7 Å². The largest absolute Gasteiger partial charge is 0.355 e. The van der Waals surface area contributed by atoms with Crippen molar-refractivity contribution in [1.29, 1.82) is 0 Å². The lowest BCUT2D eigenvalue weighted by Crippen LogP contribution is -2.36. The summed E-state index contributed by atoms with van der Waals surface area (Å²) in [7, 11) is 0. The van der Waals surface area contributed by atoms with E-state index in [-0.39, 0.29) is 5.91 Å². The number of nitrogens with one attached hydrogen (secondary N) is 1. The summed E-state index contributed by atoms with van der Waals surface area (Å²) in [4.78, 5) is 18.0. The molecule has 2 rings (SSSR count). The number of likely N-dealkylation sites (N-methyl/N-ethyl adjacent to an activating group) is 2. The SMILES string of the molecule is CCNC(=O)CN(CC)Cc1nc(-c2cccc(Br)c2)no1. The van der Waals surface area contributed by atoms with Crippen molar-refractivity contribution >= 4 is 21.8 Å². The average Bonchev–Trinajstić information content (AvgIpc) is 2.95. The highest BCUT2D eigenvalue weighted by Gasteiger charge is 2.14. The topological polar surface area (TPSA) is 71.3 Å². The maximum absolute atomic E-state index is 11.6. The van der Waals surface area contributed by atoms with Gasteiger partial charge in [-0.05, 0) is 25.6 Å². The first-order valence-corrected chi connectivity index (χ1v) is 7.99. The Morgan fingerprint density at radius 1 is 1.41 bits per heavy atom. The molecule has 6 nitrogen and oxygen atoms in total. The number of carbonyl (C=O) groups is 1. The van der Waals surface area contributed by atoms with Gasteiger partial charge in [0.1, 0.15) is 0 Å². The zero-order valence-electron chi connectivity index (χ0n) is 12.7. The molecule has 0 atom stereocenters. The molecule has 0 radical (unpaired) electrons. The Morgan fingerprint density at radius 3 is 2.91 bits per heavy atom. The third kappa shape index (κ3) is 4.64. The molecule has 1 heterocycles. The van der Waals surface area contributed by atoms with Crippen molar-refractivity contribution in [3.05, 3.63) is 34.6 Å². The predicted octanol–water partition coefficient (Wildman–Crippen LogP) is 2.46. The van der Waals surface area contributed by atoms with Crippen molar-refractivity contribution in [3.63, 3.8) is 0 Å². The normalized spacial score (nSPS) is 10.9. The fourth-order valence-corrected chi connectivity index (χ4v) is 2.39. The molecule has 0 saturated carbocycles. The van der Waals surface area contributed by atoms with Crippen molar-refractivity contribution in [2.45, 2.75) is 20.4 Å². The van der Waals surface area contributed by atoms with Crippen LogP contribution in [0.3, 0.4) is 0 Å². The first kappa shape index (κ1) is 16.6. The van der Waals surface area contributed by atoms with Gasteiger partial charge in [-0.3, -0.25) is 9.69 Å². The van der Waals surface area contributed by atoms with Crippen LogP contribution in [0.4, 0.5) is 0 Å². The standard InChI is InChI=1S/C15H19BrN4O2/c1-3-17-13(21)9-20(4-2)10-14-18-15(19-22-14)11-6-5-7-12(16)8-11/h5-8H,3-4,9-10H2,1-2H3,(H,17,21). The predicted molar refractivity (Wildman–Crippen MR) is 87.1 cm³/mol. The molecule has 0 saturated heterocycles. The van der Waals surface area contributed by atoms with Crippen molar-refractivity contribution in [1.82, 2.24) is 20.4 Å². The van der Waals surface area contributed by atoms with E-state index >= 15 is 0 Å². The van der Waals surface area contributed by atoms with Crippen LogP contribution in [-0.2, 0) is 11.3 Å². The van der Waals surface area contributed by atoms with E-state index in [4.69, 9.17) is 4.52 Å². The molecule has 118 valence electrons. The van der Waals surface area contributed by atoms with Crippen LogP contribution in [0, 0.1) is 0 Å². The van der Waals surface area contributed by atoms with Gasteiger partial charge >= 0.3 is 0 Å². The number of carbonyl (C=O) groups excluding carboxylic acids is 1. The Labute approximate surface area is 138 Å². The Kier molecular flexibility index (Phi) is 6.09. The van der Waals surface area contributed by atoms with Crippen LogP contribution >= 0.6 is 15.9 Å². The molecule has 22 heavy (non-hydrogen) atoms. The summed E-state index contributed by atoms with van der Waals surface area (Å²) in [5.74, 6) is 1.04. The summed E-state index contributed by atoms with van der Waals surface area (Å²) in [5.41, 5.74) is 0.885. The molecule has 0 aliphatic carbocycles. The minimum absolute atomic E-state index is 0.00363. The quantitative estimate of drug-likeness (QED) is 0.814. The second-order valence-electron chi connectivity index (χ2n) is 4.78. The Balaban J connectivity index is 2.03. The summed E-state index contributed by atoms with van der Waals surface area (Å²) in [6.45, 7) is 6.02. The summed E-state index contributed by atoms with van der Waals surface area (Å²) in [6, 6.07) is 7.71. The molecule has 7 heteroatoms. The fourth-order valence-electron chi connectivity index (χ4n) is 1.99. The van der Waals surface area contributed by atoms with Crippen molar-refractivity contribution in [2.24, 2.45) is 0 Å². The third-order valence-electron chi connectivity index (χ3n) is 3.10. The van der Waals surface area contributed by atoms with Crippen molar-refractivity contribution in [3.8, 4) is 11.4 Å². The molecule has 1 amide bonds. The second-order valence-corrected chi connectivity index (χ2v) is 5.69. The molecule has 1 N–H and O–H groups in total. The molecule has 2 aromatic rings. The number of amides is 1. The third-order valence-corrected chi connectivity index (χ3v) is 3.59. The van der Waals surface area contributed by atoms with E-state index < -0.39 is 0 Å². The lowest BCUT2D eigenvalue weighted by atomic mass is 10.2. The molecule has 1 aromatic carbocycles. The van der Waals surface area contributed by atoms with E-state index in [0.717, 1.165) is 16.6 Å². The van der Waals surface area contributed by atoms with Crippen LogP contribution in [0.25, 0.3) is 11.4 Å². The maximum Gasteiger partial charge on any atom is 0.241 e. The Hall–Kier alpha value is -1.73. The van der Waals surface area contributed by atoms with Gasteiger partial charge in [-0.15, -0.1) is 0 Å². The highest BCUT2D eigenvalue weighted by molar-refractivity contribution is 9.10. The van der Waals surface area contributed by atoms with Crippen LogP contribution in [0.5, 0.6) is 0 Å². The van der Waals surface area contributed by atoms with Gasteiger partial charge < -0.3 is 9.84 Å². The van der Waals surface area contributed by atoms with Gasteiger partial charge in [-0.25, -0.2) is 0 Å². The minimum Gasteiger partial charge on any atom is -0.355 e. The van der Waals surface area contributed by atoms with E-state index in [0.29, 0.717) is 31.3 Å². The first-order valence-electron chi connectivity index (χ1n) is 7.20.